The molecule has 1 unspecified atom stereocenters. The van der Waals surface area contributed by atoms with E-state index in [0.29, 0.717) is 16.8 Å². The molecule has 17 nitrogen and oxygen atoms in total. The molecule has 0 fully saturated rings. The van der Waals surface area contributed by atoms with Gasteiger partial charge in [-0.2, -0.15) is 0 Å². The zero-order chi connectivity index (χ0) is 35.3. The van der Waals surface area contributed by atoms with E-state index in [1.807, 2.05) is 13.8 Å². The molecule has 2 N–H and O–H groups in total. The molecule has 2 aromatic rings. The number of nitrogens with zero attached hydrogens (tertiary/aromatic N) is 5. The quantitative estimate of drug-likeness (QED) is 0.0882. The molecule has 0 amide bonds. The molecule has 0 spiro atoms. The molecule has 0 aliphatic heterocycles. The lowest BCUT2D eigenvalue weighted by atomic mass is 9.97. The number of carbonyl (C=O) groups excluding carboxylic acids is 1. The zero-order valence-corrected chi connectivity index (χ0v) is 27.0. The molecule has 1 heterocycles. The van der Waals surface area contributed by atoms with Gasteiger partial charge in [-0.05, 0) is 49.4 Å². The van der Waals surface area contributed by atoms with Crippen LogP contribution in [0.4, 0.5) is 10.3 Å². The SMILES string of the molecule is CC(C)c1nc(N(C)S(C)(=O)=O)nc(-c2ccc(F)cc2)c1/C=C/[C@@H](O)C[C@@H](O)CC(=O)OCC(CCCCO[N+](=O)[O-])O[N+](=O)[O-]. The minimum atomic E-state index is -3.73. The Labute approximate surface area is 270 Å². The zero-order valence-electron chi connectivity index (χ0n) is 26.2. The highest BCUT2D eigenvalue weighted by Crippen LogP contribution is 2.31. The molecule has 1 aromatic carbocycles. The lowest BCUT2D eigenvalue weighted by Crippen LogP contribution is -2.27. The number of aliphatic hydroxyl groups excluding tert-OH is 2. The van der Waals surface area contributed by atoms with Crippen LogP contribution in [0.1, 0.15) is 63.1 Å². The molecule has 1 aromatic heterocycles. The second-order valence-corrected chi connectivity index (χ2v) is 12.8. The minimum Gasteiger partial charge on any atom is -0.463 e. The summed E-state index contributed by atoms with van der Waals surface area (Å²) in [5.74, 6) is -1.78. The van der Waals surface area contributed by atoms with E-state index in [2.05, 4.69) is 19.6 Å². The van der Waals surface area contributed by atoms with Gasteiger partial charge in [0.2, 0.25) is 16.0 Å². The molecule has 0 bridgehead atoms. The van der Waals surface area contributed by atoms with Crippen LogP contribution in [0.2, 0.25) is 0 Å². The van der Waals surface area contributed by atoms with Gasteiger partial charge in [-0.25, -0.2) is 27.1 Å². The largest absolute Gasteiger partial charge is 0.463 e. The van der Waals surface area contributed by atoms with Gasteiger partial charge in [-0.3, -0.25) is 4.79 Å². The van der Waals surface area contributed by atoms with Crippen molar-refractivity contribution < 1.29 is 52.4 Å². The van der Waals surface area contributed by atoms with Crippen LogP contribution in [0, 0.1) is 26.0 Å². The number of anilines is 1. The number of esters is 1. The van der Waals surface area contributed by atoms with Crippen molar-refractivity contribution in [2.45, 2.75) is 70.2 Å². The lowest BCUT2D eigenvalue weighted by Gasteiger charge is -2.20. The van der Waals surface area contributed by atoms with E-state index in [1.54, 1.807) is 0 Å². The molecule has 0 aliphatic rings. The van der Waals surface area contributed by atoms with Gasteiger partial charge in [0.25, 0.3) is 10.2 Å². The molecule has 47 heavy (non-hydrogen) atoms. The third kappa shape index (κ3) is 13.4. The van der Waals surface area contributed by atoms with Crippen molar-refractivity contribution in [3.05, 3.63) is 67.6 Å². The summed E-state index contributed by atoms with van der Waals surface area (Å²) in [6.07, 6.45) is -0.377. The molecular formula is C28H38FN5O12S. The Hall–Kier alpha value is -4.49. The number of aromatic nitrogens is 2. The third-order valence-electron chi connectivity index (χ3n) is 6.59. The van der Waals surface area contributed by atoms with Gasteiger partial charge in [0.15, 0.2) is 0 Å². The van der Waals surface area contributed by atoms with Crippen molar-refractivity contribution >= 4 is 28.0 Å². The minimum absolute atomic E-state index is 0.0366. The van der Waals surface area contributed by atoms with Crippen molar-refractivity contribution in [3.63, 3.8) is 0 Å². The molecule has 3 atom stereocenters. The summed E-state index contributed by atoms with van der Waals surface area (Å²) in [5.41, 5.74) is 1.54. The molecular weight excluding hydrogens is 649 g/mol. The van der Waals surface area contributed by atoms with Gasteiger partial charge in [0.05, 0.1) is 42.9 Å². The van der Waals surface area contributed by atoms with Gasteiger partial charge in [-0.1, -0.05) is 26.0 Å². The number of hydrogen-bond acceptors (Lipinski definition) is 14. The van der Waals surface area contributed by atoms with Crippen molar-refractivity contribution in [1.82, 2.24) is 9.97 Å². The summed E-state index contributed by atoms with van der Waals surface area (Å²) in [4.78, 5) is 50.7. The predicted molar refractivity (Wildman–Crippen MR) is 165 cm³/mol. The Morgan fingerprint density at radius 3 is 2.34 bits per heavy atom. The van der Waals surface area contributed by atoms with E-state index in [1.165, 1.54) is 43.5 Å². The van der Waals surface area contributed by atoms with Crippen LogP contribution in [0.5, 0.6) is 0 Å². The summed E-state index contributed by atoms with van der Waals surface area (Å²) < 4.78 is 44.0. The summed E-state index contributed by atoms with van der Waals surface area (Å²) >= 11 is 0. The standard InChI is InChI=1S/C28H38FN5O12S/c1-18(2)26-24(27(19-8-10-20(29)11-9-19)31-28(30-26)32(3)47(4,42)43)13-12-21(35)15-22(36)16-25(37)44-17-23(46-34(40)41)7-5-6-14-45-33(38)39/h8-13,18,21-23,35-36H,5-7,14-17H2,1-4H3/b13-12+/t21-,22-,23?/m1/s1. The number of rotatable bonds is 20. The van der Waals surface area contributed by atoms with Crippen LogP contribution < -0.4 is 4.31 Å². The smallest absolute Gasteiger partial charge is 0.308 e. The van der Waals surface area contributed by atoms with Gasteiger partial charge in [0, 0.05) is 24.6 Å². The first-order chi connectivity index (χ1) is 22.0. The first-order valence-electron chi connectivity index (χ1n) is 14.4. The van der Waals surface area contributed by atoms with Gasteiger partial charge < -0.3 is 24.6 Å². The average Bonchev–Trinajstić information content (AvgIpc) is 2.97. The van der Waals surface area contributed by atoms with E-state index >= 15 is 0 Å². The number of halogens is 1. The highest BCUT2D eigenvalue weighted by Gasteiger charge is 2.23. The van der Waals surface area contributed by atoms with Crippen LogP contribution in [0.3, 0.4) is 0 Å². The monoisotopic (exact) mass is 687 g/mol. The molecule has 260 valence electrons. The van der Waals surface area contributed by atoms with Crippen molar-refractivity contribution in [3.8, 4) is 11.3 Å². The fourth-order valence-corrected chi connectivity index (χ4v) is 4.56. The molecule has 0 saturated heterocycles. The second-order valence-electron chi connectivity index (χ2n) is 10.8. The number of aliphatic hydroxyl groups is 2. The van der Waals surface area contributed by atoms with Crippen LogP contribution in [-0.4, -0.2) is 89.6 Å². The fraction of sp³-hybridized carbons (Fsp3) is 0.536. The second kappa shape index (κ2) is 18.0. The fourth-order valence-electron chi connectivity index (χ4n) is 4.18. The van der Waals surface area contributed by atoms with Crippen molar-refractivity contribution in [2.24, 2.45) is 0 Å². The topological polar surface area (TPSA) is 235 Å². The first-order valence-corrected chi connectivity index (χ1v) is 16.2. The van der Waals surface area contributed by atoms with E-state index in [4.69, 9.17) is 4.74 Å². The van der Waals surface area contributed by atoms with Crippen molar-refractivity contribution in [1.29, 1.82) is 0 Å². The van der Waals surface area contributed by atoms with E-state index in [9.17, 15) is 48.0 Å². The molecule has 2 rings (SSSR count). The van der Waals surface area contributed by atoms with Gasteiger partial charge in [0.1, 0.15) is 18.5 Å². The molecule has 0 saturated carbocycles. The molecule has 0 aliphatic carbocycles. The first kappa shape index (κ1) is 38.7. The summed E-state index contributed by atoms with van der Waals surface area (Å²) in [7, 11) is -2.43. The highest BCUT2D eigenvalue weighted by molar-refractivity contribution is 7.92. The molecule has 0 radical (unpaired) electrons. The summed E-state index contributed by atoms with van der Waals surface area (Å²) in [5, 5.41) is 40.0. The predicted octanol–water partition coefficient (Wildman–Crippen LogP) is 2.82. The summed E-state index contributed by atoms with van der Waals surface area (Å²) in [6.45, 7) is 2.90. The van der Waals surface area contributed by atoms with Crippen LogP contribution in [-0.2, 0) is 29.2 Å². The summed E-state index contributed by atoms with van der Waals surface area (Å²) in [6, 6.07) is 5.34. The number of sulfonamides is 1. The average molecular weight is 688 g/mol. The third-order valence-corrected chi connectivity index (χ3v) is 7.75. The number of unbranched alkanes of at least 4 members (excludes halogenated alkanes) is 1. The van der Waals surface area contributed by atoms with E-state index in [0.717, 1.165) is 10.6 Å². The number of hydrogen-bond donors (Lipinski definition) is 2. The Balaban J connectivity index is 2.14. The van der Waals surface area contributed by atoms with Gasteiger partial charge in [-0.15, -0.1) is 20.2 Å². The Kier molecular flexibility index (Phi) is 14.8. The van der Waals surface area contributed by atoms with Gasteiger partial charge >= 0.3 is 5.97 Å². The maximum atomic E-state index is 13.7. The van der Waals surface area contributed by atoms with Crippen LogP contribution in [0.15, 0.2) is 30.3 Å². The maximum Gasteiger partial charge on any atom is 0.308 e. The number of benzene rings is 1. The van der Waals surface area contributed by atoms with E-state index in [-0.39, 0.29) is 49.9 Å². The Morgan fingerprint density at radius 1 is 1.11 bits per heavy atom. The Morgan fingerprint density at radius 2 is 1.77 bits per heavy atom. The van der Waals surface area contributed by atoms with E-state index < -0.39 is 63.3 Å². The maximum absolute atomic E-state index is 13.7. The molecule has 19 heteroatoms. The van der Waals surface area contributed by atoms with Crippen molar-refractivity contribution in [2.75, 3.05) is 30.8 Å². The normalized spacial score (nSPS) is 13.6. The Bertz CT molecular complexity index is 1510. The van der Waals surface area contributed by atoms with Crippen LogP contribution >= 0.6 is 0 Å². The highest BCUT2D eigenvalue weighted by atomic mass is 32.2. The number of ether oxygens (including phenoxy) is 1. The van der Waals surface area contributed by atoms with Crippen LogP contribution in [0.25, 0.3) is 17.3 Å². The lowest BCUT2D eigenvalue weighted by molar-refractivity contribution is -0.769. The number of carbonyl (C=O) groups is 1.